The van der Waals surface area contributed by atoms with Gasteiger partial charge in [-0.3, -0.25) is 4.79 Å². The Kier molecular flexibility index (Phi) is 2.47. The highest BCUT2D eigenvalue weighted by Gasteiger charge is 2.38. The lowest BCUT2D eigenvalue weighted by molar-refractivity contribution is -0.139. The van der Waals surface area contributed by atoms with Gasteiger partial charge in [0.2, 0.25) is 11.5 Å². The molecule has 0 aliphatic heterocycles. The Morgan fingerprint density at radius 2 is 2.19 bits per heavy atom. The van der Waals surface area contributed by atoms with Gasteiger partial charge in [0.15, 0.2) is 0 Å². The molecule has 0 saturated heterocycles. The average Bonchev–Trinajstić information content (AvgIpc) is 2.96. The molecule has 16 heavy (non-hydrogen) atoms. The SMILES string of the molecule is Nc1nonc1C(=O)NC(C(=O)O)C1CC1. The van der Waals surface area contributed by atoms with E-state index < -0.39 is 17.9 Å². The number of amides is 1. The summed E-state index contributed by atoms with van der Waals surface area (Å²) in [5.41, 5.74) is 5.12. The molecule has 0 spiro atoms. The second-order valence-electron chi connectivity index (χ2n) is 3.62. The first-order chi connectivity index (χ1) is 7.59. The van der Waals surface area contributed by atoms with Gasteiger partial charge >= 0.3 is 5.97 Å². The fourth-order valence-electron chi connectivity index (χ4n) is 1.37. The first-order valence-corrected chi connectivity index (χ1v) is 4.71. The summed E-state index contributed by atoms with van der Waals surface area (Å²) < 4.78 is 4.25. The molecule has 1 unspecified atom stereocenters. The third-order valence-corrected chi connectivity index (χ3v) is 2.38. The number of nitrogens with two attached hydrogens (primary N) is 1. The number of hydrogen-bond acceptors (Lipinski definition) is 6. The van der Waals surface area contributed by atoms with Crippen molar-refractivity contribution in [3.8, 4) is 0 Å². The summed E-state index contributed by atoms with van der Waals surface area (Å²) in [6, 6.07) is -0.899. The second-order valence-corrected chi connectivity index (χ2v) is 3.62. The van der Waals surface area contributed by atoms with Crippen LogP contribution in [0.25, 0.3) is 0 Å². The smallest absolute Gasteiger partial charge is 0.326 e. The fraction of sp³-hybridized carbons (Fsp3) is 0.500. The molecule has 0 radical (unpaired) electrons. The Morgan fingerprint density at radius 3 is 2.62 bits per heavy atom. The van der Waals surface area contributed by atoms with Gasteiger partial charge in [0, 0.05) is 0 Å². The van der Waals surface area contributed by atoms with E-state index in [-0.39, 0.29) is 17.4 Å². The minimum Gasteiger partial charge on any atom is -0.480 e. The van der Waals surface area contributed by atoms with E-state index in [2.05, 4.69) is 20.3 Å². The van der Waals surface area contributed by atoms with Gasteiger partial charge in [0.05, 0.1) is 0 Å². The van der Waals surface area contributed by atoms with Crippen LogP contribution in [0, 0.1) is 5.92 Å². The van der Waals surface area contributed by atoms with Gasteiger partial charge in [-0.05, 0) is 29.1 Å². The van der Waals surface area contributed by atoms with Gasteiger partial charge in [0.1, 0.15) is 6.04 Å². The summed E-state index contributed by atoms with van der Waals surface area (Å²) in [4.78, 5) is 22.4. The van der Waals surface area contributed by atoms with Crippen molar-refractivity contribution in [3.63, 3.8) is 0 Å². The summed E-state index contributed by atoms with van der Waals surface area (Å²) in [6.45, 7) is 0. The molecule has 1 atom stereocenters. The van der Waals surface area contributed by atoms with Crippen molar-refractivity contribution in [3.05, 3.63) is 5.69 Å². The highest BCUT2D eigenvalue weighted by Crippen LogP contribution is 2.32. The molecule has 1 saturated carbocycles. The first-order valence-electron chi connectivity index (χ1n) is 4.71. The van der Waals surface area contributed by atoms with E-state index >= 15 is 0 Å². The number of carbonyl (C=O) groups excluding carboxylic acids is 1. The largest absolute Gasteiger partial charge is 0.480 e. The molecule has 1 aromatic heterocycles. The third-order valence-electron chi connectivity index (χ3n) is 2.38. The molecule has 1 aromatic rings. The van der Waals surface area contributed by atoms with Crippen molar-refractivity contribution in [1.82, 2.24) is 15.6 Å². The van der Waals surface area contributed by atoms with Gasteiger partial charge in [-0.25, -0.2) is 9.42 Å². The zero-order chi connectivity index (χ0) is 11.7. The normalized spacial score (nSPS) is 16.8. The quantitative estimate of drug-likeness (QED) is 0.615. The van der Waals surface area contributed by atoms with E-state index in [4.69, 9.17) is 10.8 Å². The van der Waals surface area contributed by atoms with Crippen LogP contribution in [0.1, 0.15) is 23.3 Å². The number of hydrogen-bond donors (Lipinski definition) is 3. The van der Waals surface area contributed by atoms with Crippen molar-refractivity contribution in [1.29, 1.82) is 0 Å². The van der Waals surface area contributed by atoms with Crippen LogP contribution in [0.15, 0.2) is 4.63 Å². The molecule has 1 fully saturated rings. The highest BCUT2D eigenvalue weighted by molar-refractivity contribution is 5.98. The van der Waals surface area contributed by atoms with Crippen LogP contribution >= 0.6 is 0 Å². The maximum absolute atomic E-state index is 11.6. The predicted molar refractivity (Wildman–Crippen MR) is 50.3 cm³/mol. The van der Waals surface area contributed by atoms with Gasteiger partial charge in [-0.1, -0.05) is 0 Å². The number of carboxylic acids is 1. The van der Waals surface area contributed by atoms with E-state index in [1.54, 1.807) is 0 Å². The van der Waals surface area contributed by atoms with E-state index in [1.807, 2.05) is 0 Å². The van der Waals surface area contributed by atoms with Crippen molar-refractivity contribution in [2.75, 3.05) is 5.73 Å². The lowest BCUT2D eigenvalue weighted by atomic mass is 10.2. The van der Waals surface area contributed by atoms with E-state index in [0.29, 0.717) is 0 Å². The molecule has 8 heteroatoms. The minimum atomic E-state index is -1.06. The van der Waals surface area contributed by atoms with Gasteiger partial charge in [-0.2, -0.15) is 0 Å². The Hall–Kier alpha value is -2.12. The van der Waals surface area contributed by atoms with Crippen LogP contribution in [0.3, 0.4) is 0 Å². The molecule has 1 heterocycles. The Morgan fingerprint density at radius 1 is 1.50 bits per heavy atom. The van der Waals surface area contributed by atoms with Crippen LogP contribution in [-0.4, -0.2) is 33.3 Å². The summed E-state index contributed by atoms with van der Waals surface area (Å²) in [5.74, 6) is -1.91. The molecule has 2 rings (SSSR count). The van der Waals surface area contributed by atoms with Gasteiger partial charge < -0.3 is 16.2 Å². The number of nitrogens with zero attached hydrogens (tertiary/aromatic N) is 2. The number of nitrogen functional groups attached to an aromatic ring is 1. The zero-order valence-corrected chi connectivity index (χ0v) is 8.21. The molecular formula is C8H10N4O4. The molecular weight excluding hydrogens is 216 g/mol. The van der Waals surface area contributed by atoms with Gasteiger partial charge in [-0.15, -0.1) is 0 Å². The third kappa shape index (κ3) is 1.95. The summed E-state index contributed by atoms with van der Waals surface area (Å²) >= 11 is 0. The maximum Gasteiger partial charge on any atom is 0.326 e. The standard InChI is InChI=1S/C8H10N4O4/c9-6-5(11-16-12-6)7(13)10-4(8(14)15)3-1-2-3/h3-4H,1-2H2,(H2,9,12)(H,10,13)(H,14,15). The summed E-state index contributed by atoms with van der Waals surface area (Å²) in [7, 11) is 0. The van der Waals surface area contributed by atoms with E-state index in [1.165, 1.54) is 0 Å². The molecule has 0 bridgehead atoms. The Balaban J connectivity index is 2.06. The number of carbonyl (C=O) groups is 2. The molecule has 86 valence electrons. The molecule has 1 amide bonds. The summed E-state index contributed by atoms with van der Waals surface area (Å²) in [5, 5.41) is 17.8. The van der Waals surface area contributed by atoms with E-state index in [0.717, 1.165) is 12.8 Å². The van der Waals surface area contributed by atoms with Crippen molar-refractivity contribution in [2.24, 2.45) is 5.92 Å². The van der Waals surface area contributed by atoms with E-state index in [9.17, 15) is 9.59 Å². The van der Waals surface area contributed by atoms with Crippen molar-refractivity contribution in [2.45, 2.75) is 18.9 Å². The van der Waals surface area contributed by atoms with Crippen LogP contribution in [0.2, 0.25) is 0 Å². The molecule has 1 aliphatic carbocycles. The van der Waals surface area contributed by atoms with Crippen LogP contribution in [0.5, 0.6) is 0 Å². The molecule has 4 N–H and O–H groups in total. The Labute approximate surface area is 89.8 Å². The number of rotatable bonds is 4. The minimum absolute atomic E-state index is 0.0115. The summed E-state index contributed by atoms with van der Waals surface area (Å²) in [6.07, 6.45) is 1.59. The maximum atomic E-state index is 11.6. The zero-order valence-electron chi connectivity index (χ0n) is 8.21. The highest BCUT2D eigenvalue weighted by atomic mass is 16.6. The van der Waals surface area contributed by atoms with Crippen molar-refractivity contribution < 1.29 is 19.3 Å². The second kappa shape index (κ2) is 3.80. The van der Waals surface area contributed by atoms with Crippen LogP contribution in [-0.2, 0) is 4.79 Å². The first kappa shape index (κ1) is 10.4. The Bertz CT molecular complexity index is 425. The lowest BCUT2D eigenvalue weighted by Crippen LogP contribution is -2.42. The lowest BCUT2D eigenvalue weighted by Gasteiger charge is -2.11. The number of aromatic nitrogens is 2. The fourth-order valence-corrected chi connectivity index (χ4v) is 1.37. The molecule has 0 aromatic carbocycles. The van der Waals surface area contributed by atoms with Crippen LogP contribution in [0.4, 0.5) is 5.82 Å². The van der Waals surface area contributed by atoms with Crippen molar-refractivity contribution >= 4 is 17.7 Å². The number of anilines is 1. The number of nitrogens with one attached hydrogen (secondary N) is 1. The number of carboxylic acid groups (broad SMARTS) is 1. The molecule has 1 aliphatic rings. The average molecular weight is 226 g/mol. The molecule has 8 nitrogen and oxygen atoms in total. The monoisotopic (exact) mass is 226 g/mol. The topological polar surface area (TPSA) is 131 Å². The predicted octanol–water partition coefficient (Wildman–Crippen LogP) is -0.755. The van der Waals surface area contributed by atoms with Crippen LogP contribution < -0.4 is 11.1 Å². The number of aliphatic carboxylic acids is 1. The van der Waals surface area contributed by atoms with Gasteiger partial charge in [0.25, 0.3) is 5.91 Å².